The van der Waals surface area contributed by atoms with E-state index in [-0.39, 0.29) is 12.4 Å². The third-order valence-electron chi connectivity index (χ3n) is 3.46. The lowest BCUT2D eigenvalue weighted by Gasteiger charge is -2.08. The van der Waals surface area contributed by atoms with E-state index in [4.69, 9.17) is 16.9 Å². The van der Waals surface area contributed by atoms with E-state index in [9.17, 15) is 9.59 Å². The molecule has 3 aromatic rings. The second kappa shape index (κ2) is 7.59. The molecule has 2 heterocycles. The third-order valence-corrected chi connectivity index (χ3v) is 3.71. The van der Waals surface area contributed by atoms with Gasteiger partial charge in [-0.25, -0.2) is 9.67 Å². The molecule has 128 valence electrons. The monoisotopic (exact) mass is 365 g/mol. The molecule has 0 fully saturated rings. The highest BCUT2D eigenvalue weighted by Crippen LogP contribution is 2.18. The first-order valence-electron chi connectivity index (χ1n) is 7.55. The van der Waals surface area contributed by atoms with Crippen molar-refractivity contribution >= 4 is 23.3 Å². The van der Waals surface area contributed by atoms with Crippen LogP contribution in [-0.4, -0.2) is 20.7 Å². The van der Waals surface area contributed by atoms with Crippen LogP contribution in [0.1, 0.15) is 5.56 Å². The number of carbonyl (C=O) groups excluding carboxylic acids is 1. The van der Waals surface area contributed by atoms with Crippen molar-refractivity contribution in [1.29, 1.82) is 5.26 Å². The molecule has 1 amide bonds. The second-order valence-corrected chi connectivity index (χ2v) is 5.75. The zero-order valence-electron chi connectivity index (χ0n) is 13.4. The van der Waals surface area contributed by atoms with Crippen molar-refractivity contribution in [1.82, 2.24) is 14.8 Å². The lowest BCUT2D eigenvalue weighted by atomic mass is 10.1. The highest BCUT2D eigenvalue weighted by atomic mass is 35.5. The molecule has 0 saturated carbocycles. The van der Waals surface area contributed by atoms with Gasteiger partial charge in [0, 0.05) is 22.8 Å². The number of carbonyl (C=O) groups is 1. The molecule has 1 aromatic carbocycles. The number of amides is 1. The zero-order valence-corrected chi connectivity index (χ0v) is 14.1. The van der Waals surface area contributed by atoms with E-state index in [1.165, 1.54) is 24.4 Å². The average molecular weight is 366 g/mol. The van der Waals surface area contributed by atoms with E-state index in [2.05, 4.69) is 15.4 Å². The number of hydrogen-bond acceptors (Lipinski definition) is 5. The van der Waals surface area contributed by atoms with Crippen molar-refractivity contribution < 1.29 is 4.79 Å². The SMILES string of the molecule is N#Cc1ccnc(NC(=O)Cn2nc(-c3ccc(Cl)cc3)ccc2=O)c1. The Morgan fingerprint density at radius 3 is 2.69 bits per heavy atom. The molecule has 3 rings (SSSR count). The van der Waals surface area contributed by atoms with Crippen LogP contribution in [-0.2, 0) is 11.3 Å². The molecule has 0 unspecified atom stereocenters. The summed E-state index contributed by atoms with van der Waals surface area (Å²) in [5, 5.41) is 16.2. The van der Waals surface area contributed by atoms with Crippen LogP contribution in [0.3, 0.4) is 0 Å². The number of nitriles is 1. The molecule has 2 aromatic heterocycles. The molecule has 0 aliphatic heterocycles. The first kappa shape index (κ1) is 17.3. The van der Waals surface area contributed by atoms with Gasteiger partial charge in [0.1, 0.15) is 12.4 Å². The average Bonchev–Trinajstić information content (AvgIpc) is 2.64. The summed E-state index contributed by atoms with van der Waals surface area (Å²) in [5.74, 6) is -0.244. The number of anilines is 1. The van der Waals surface area contributed by atoms with Gasteiger partial charge in [0.15, 0.2) is 0 Å². The number of nitrogens with one attached hydrogen (secondary N) is 1. The molecule has 7 nitrogen and oxygen atoms in total. The van der Waals surface area contributed by atoms with Crippen LogP contribution in [0.15, 0.2) is 59.5 Å². The van der Waals surface area contributed by atoms with Gasteiger partial charge in [-0.05, 0) is 30.3 Å². The van der Waals surface area contributed by atoms with Crippen LogP contribution in [0.5, 0.6) is 0 Å². The highest BCUT2D eigenvalue weighted by Gasteiger charge is 2.09. The van der Waals surface area contributed by atoms with Gasteiger partial charge in [-0.3, -0.25) is 9.59 Å². The molecule has 0 aliphatic rings. The predicted octanol–water partition coefficient (Wildman–Crippen LogP) is 2.47. The second-order valence-electron chi connectivity index (χ2n) is 5.31. The number of nitrogens with zero attached hydrogens (tertiary/aromatic N) is 4. The van der Waals surface area contributed by atoms with Crippen molar-refractivity contribution in [2.24, 2.45) is 0 Å². The minimum absolute atomic E-state index is 0.232. The molecule has 0 radical (unpaired) electrons. The van der Waals surface area contributed by atoms with Gasteiger partial charge in [0.05, 0.1) is 17.3 Å². The maximum atomic E-state index is 12.2. The van der Waals surface area contributed by atoms with E-state index < -0.39 is 11.5 Å². The fourth-order valence-electron chi connectivity index (χ4n) is 2.22. The molecule has 0 spiro atoms. The van der Waals surface area contributed by atoms with Crippen molar-refractivity contribution in [3.8, 4) is 17.3 Å². The van der Waals surface area contributed by atoms with Crippen LogP contribution in [0.25, 0.3) is 11.3 Å². The molecule has 0 aliphatic carbocycles. The number of halogens is 1. The summed E-state index contributed by atoms with van der Waals surface area (Å²) in [6.45, 7) is -0.279. The van der Waals surface area contributed by atoms with Gasteiger partial charge < -0.3 is 5.32 Å². The summed E-state index contributed by atoms with van der Waals surface area (Å²) in [6, 6.07) is 14.8. The van der Waals surface area contributed by atoms with Gasteiger partial charge in [0.2, 0.25) is 5.91 Å². The zero-order chi connectivity index (χ0) is 18.5. The van der Waals surface area contributed by atoms with Crippen molar-refractivity contribution in [3.63, 3.8) is 0 Å². The largest absolute Gasteiger partial charge is 0.309 e. The number of aromatic nitrogens is 3. The standard InChI is InChI=1S/C18H12ClN5O2/c19-14-3-1-13(2-4-14)15-5-6-18(26)24(23-15)11-17(25)22-16-9-12(10-20)7-8-21-16/h1-9H,11H2,(H,21,22,25). The van der Waals surface area contributed by atoms with Gasteiger partial charge in [-0.1, -0.05) is 23.7 Å². The van der Waals surface area contributed by atoms with Gasteiger partial charge in [0.25, 0.3) is 5.56 Å². The summed E-state index contributed by atoms with van der Waals surface area (Å²) in [6.07, 6.45) is 1.42. The molecule has 1 N–H and O–H groups in total. The number of rotatable bonds is 4. The fraction of sp³-hybridized carbons (Fsp3) is 0.0556. The molecule has 0 atom stereocenters. The van der Waals surface area contributed by atoms with E-state index in [0.717, 1.165) is 10.2 Å². The number of hydrogen-bond donors (Lipinski definition) is 1. The Bertz CT molecular complexity index is 1050. The fourth-order valence-corrected chi connectivity index (χ4v) is 2.35. The van der Waals surface area contributed by atoms with E-state index in [0.29, 0.717) is 16.3 Å². The van der Waals surface area contributed by atoms with Gasteiger partial charge in [-0.2, -0.15) is 10.4 Å². The van der Waals surface area contributed by atoms with E-state index in [1.807, 2.05) is 6.07 Å². The van der Waals surface area contributed by atoms with Gasteiger partial charge in [-0.15, -0.1) is 0 Å². The lowest BCUT2D eigenvalue weighted by molar-refractivity contribution is -0.117. The Morgan fingerprint density at radius 1 is 1.19 bits per heavy atom. The minimum Gasteiger partial charge on any atom is -0.309 e. The number of benzene rings is 1. The Balaban J connectivity index is 1.79. The van der Waals surface area contributed by atoms with Crippen LogP contribution < -0.4 is 10.9 Å². The van der Waals surface area contributed by atoms with Crippen LogP contribution in [0, 0.1) is 11.3 Å². The number of pyridine rings is 1. The Labute approximate surface area is 153 Å². The van der Waals surface area contributed by atoms with E-state index >= 15 is 0 Å². The molecular formula is C18H12ClN5O2. The predicted molar refractivity (Wildman–Crippen MR) is 96.5 cm³/mol. The molecule has 26 heavy (non-hydrogen) atoms. The van der Waals surface area contributed by atoms with Crippen molar-refractivity contribution in [3.05, 3.63) is 75.7 Å². The van der Waals surface area contributed by atoms with Gasteiger partial charge >= 0.3 is 0 Å². The summed E-state index contributed by atoms with van der Waals surface area (Å²) in [5.41, 5.74) is 1.28. The summed E-state index contributed by atoms with van der Waals surface area (Å²) >= 11 is 5.87. The van der Waals surface area contributed by atoms with Crippen LogP contribution in [0.2, 0.25) is 5.02 Å². The topological polar surface area (TPSA) is 101 Å². The Kier molecular flexibility index (Phi) is 5.06. The highest BCUT2D eigenvalue weighted by molar-refractivity contribution is 6.30. The Morgan fingerprint density at radius 2 is 1.96 bits per heavy atom. The molecule has 8 heteroatoms. The molecular weight excluding hydrogens is 354 g/mol. The molecule has 0 bridgehead atoms. The van der Waals surface area contributed by atoms with Crippen LogP contribution in [0.4, 0.5) is 5.82 Å². The smallest absolute Gasteiger partial charge is 0.267 e. The summed E-state index contributed by atoms with van der Waals surface area (Å²) in [7, 11) is 0. The molecule has 0 saturated heterocycles. The van der Waals surface area contributed by atoms with E-state index in [1.54, 1.807) is 30.3 Å². The Hall–Kier alpha value is -3.50. The van der Waals surface area contributed by atoms with Crippen molar-refractivity contribution in [2.45, 2.75) is 6.54 Å². The quantitative estimate of drug-likeness (QED) is 0.765. The van der Waals surface area contributed by atoms with Crippen LogP contribution >= 0.6 is 11.6 Å². The maximum Gasteiger partial charge on any atom is 0.267 e. The first-order chi connectivity index (χ1) is 12.5. The van der Waals surface area contributed by atoms with Crippen molar-refractivity contribution in [2.75, 3.05) is 5.32 Å². The lowest BCUT2D eigenvalue weighted by Crippen LogP contribution is -2.29. The third kappa shape index (κ3) is 4.12. The normalized spacial score (nSPS) is 10.2. The summed E-state index contributed by atoms with van der Waals surface area (Å²) < 4.78 is 1.06. The first-order valence-corrected chi connectivity index (χ1v) is 7.93. The minimum atomic E-state index is -0.476. The summed E-state index contributed by atoms with van der Waals surface area (Å²) in [4.78, 5) is 28.1. The maximum absolute atomic E-state index is 12.2.